The number of halogens is 2. The lowest BCUT2D eigenvalue weighted by atomic mass is 10.0. The van der Waals surface area contributed by atoms with Gasteiger partial charge in [-0.1, -0.05) is 35.0 Å². The van der Waals surface area contributed by atoms with Crippen LogP contribution in [0.1, 0.15) is 24.5 Å². The molecule has 1 atom stereocenters. The molecular weight excluding hydrogens is 333 g/mol. The fraction of sp³-hybridized carbons (Fsp3) is 0.294. The number of ether oxygens (including phenoxy) is 1. The summed E-state index contributed by atoms with van der Waals surface area (Å²) in [5.74, 6) is 0.491. The average molecular weight is 352 g/mol. The molecule has 0 saturated carbocycles. The normalized spacial score (nSPS) is 12.2. The van der Waals surface area contributed by atoms with E-state index in [-0.39, 0.29) is 17.6 Å². The lowest BCUT2D eigenvalue weighted by Crippen LogP contribution is -2.21. The fourth-order valence-corrected chi connectivity index (χ4v) is 2.34. The van der Waals surface area contributed by atoms with Crippen LogP contribution < -0.4 is 10.5 Å². The maximum Gasteiger partial charge on any atom is 0.165 e. The molecule has 0 amide bonds. The maximum atomic E-state index is 13.8. The summed E-state index contributed by atoms with van der Waals surface area (Å²) in [6.45, 7) is 4.00. The van der Waals surface area contributed by atoms with Crippen molar-refractivity contribution >= 4 is 15.9 Å². The van der Waals surface area contributed by atoms with E-state index in [0.717, 1.165) is 28.4 Å². The van der Waals surface area contributed by atoms with Gasteiger partial charge in [0.1, 0.15) is 5.75 Å². The molecule has 0 aliphatic carbocycles. The number of hydrogen-bond acceptors (Lipinski definition) is 2. The zero-order chi connectivity index (χ0) is 15.4. The topological polar surface area (TPSA) is 35.2 Å². The van der Waals surface area contributed by atoms with E-state index >= 15 is 0 Å². The maximum absolute atomic E-state index is 13.8. The van der Waals surface area contributed by atoms with Crippen molar-refractivity contribution in [2.75, 3.05) is 0 Å². The molecule has 0 spiro atoms. The Balaban J connectivity index is 2.26. The summed E-state index contributed by atoms with van der Waals surface area (Å²) in [6.07, 6.45) is 1.71. The van der Waals surface area contributed by atoms with Gasteiger partial charge >= 0.3 is 0 Å². The first-order chi connectivity index (χ1) is 9.99. The highest BCUT2D eigenvalue weighted by Crippen LogP contribution is 2.30. The minimum atomic E-state index is -0.381. The predicted molar refractivity (Wildman–Crippen MR) is 87.3 cm³/mol. The van der Waals surface area contributed by atoms with Crippen molar-refractivity contribution in [3.63, 3.8) is 0 Å². The lowest BCUT2D eigenvalue weighted by molar-refractivity contribution is 0.438. The zero-order valence-corrected chi connectivity index (χ0v) is 13.8. The summed E-state index contributed by atoms with van der Waals surface area (Å²) in [4.78, 5) is 0. The van der Waals surface area contributed by atoms with Crippen LogP contribution in [0.3, 0.4) is 0 Å². The van der Waals surface area contributed by atoms with E-state index in [0.29, 0.717) is 5.75 Å². The number of hydrogen-bond donors (Lipinski definition) is 1. The number of aryl methyl sites for hydroxylation is 1. The summed E-state index contributed by atoms with van der Waals surface area (Å²) in [5, 5.41) is 0. The van der Waals surface area contributed by atoms with Crippen molar-refractivity contribution in [1.82, 2.24) is 0 Å². The van der Waals surface area contributed by atoms with E-state index in [1.54, 1.807) is 12.1 Å². The second-order valence-electron chi connectivity index (χ2n) is 5.15. The molecule has 2 aromatic rings. The minimum Gasteiger partial charge on any atom is -0.454 e. The molecule has 2 nitrogen and oxygen atoms in total. The molecule has 2 aromatic carbocycles. The third-order valence-electron chi connectivity index (χ3n) is 3.39. The first kappa shape index (κ1) is 16.0. The second-order valence-corrected chi connectivity index (χ2v) is 6.06. The Morgan fingerprint density at radius 1 is 1.19 bits per heavy atom. The standard InChI is InChI=1S/C17H19BrFNO/c1-3-14(20)8-12-5-4-11(2)16(9-12)21-17-10-13(18)6-7-15(17)19/h4-7,9-10,14H,3,8,20H2,1-2H3. The summed E-state index contributed by atoms with van der Waals surface area (Å²) >= 11 is 3.32. The van der Waals surface area contributed by atoms with Crippen molar-refractivity contribution in [3.8, 4) is 11.5 Å². The van der Waals surface area contributed by atoms with Crippen LogP contribution in [0.2, 0.25) is 0 Å². The van der Waals surface area contributed by atoms with E-state index in [2.05, 4.69) is 22.9 Å². The van der Waals surface area contributed by atoms with E-state index in [4.69, 9.17) is 10.5 Å². The molecule has 0 heterocycles. The summed E-state index contributed by atoms with van der Waals surface area (Å²) in [6, 6.07) is 10.7. The zero-order valence-electron chi connectivity index (χ0n) is 12.2. The van der Waals surface area contributed by atoms with Crippen LogP contribution in [-0.4, -0.2) is 6.04 Å². The third kappa shape index (κ3) is 4.29. The highest BCUT2D eigenvalue weighted by Gasteiger charge is 2.09. The van der Waals surface area contributed by atoms with Crippen molar-refractivity contribution in [1.29, 1.82) is 0 Å². The summed E-state index contributed by atoms with van der Waals surface area (Å²) in [7, 11) is 0. The molecular formula is C17H19BrFNO. The van der Waals surface area contributed by atoms with Crippen molar-refractivity contribution < 1.29 is 9.13 Å². The van der Waals surface area contributed by atoms with E-state index in [9.17, 15) is 4.39 Å². The molecule has 4 heteroatoms. The first-order valence-corrected chi connectivity index (χ1v) is 7.77. The van der Waals surface area contributed by atoms with Gasteiger partial charge in [-0.05, 0) is 55.2 Å². The van der Waals surface area contributed by atoms with Gasteiger partial charge in [0, 0.05) is 10.5 Å². The van der Waals surface area contributed by atoms with Crippen molar-refractivity contribution in [2.24, 2.45) is 5.73 Å². The van der Waals surface area contributed by atoms with Gasteiger partial charge in [-0.3, -0.25) is 0 Å². The molecule has 0 aromatic heterocycles. The predicted octanol–water partition coefficient (Wildman–Crippen LogP) is 4.97. The number of benzene rings is 2. The molecule has 0 bridgehead atoms. The molecule has 0 aliphatic heterocycles. The van der Waals surface area contributed by atoms with Gasteiger partial charge in [0.25, 0.3) is 0 Å². The minimum absolute atomic E-state index is 0.128. The third-order valence-corrected chi connectivity index (χ3v) is 3.88. The Morgan fingerprint density at radius 3 is 2.67 bits per heavy atom. The molecule has 0 aliphatic rings. The summed E-state index contributed by atoms with van der Waals surface area (Å²) < 4.78 is 20.3. The van der Waals surface area contributed by atoms with Crippen LogP contribution in [0.15, 0.2) is 40.9 Å². The van der Waals surface area contributed by atoms with Gasteiger partial charge in [-0.2, -0.15) is 0 Å². The number of nitrogens with two attached hydrogens (primary N) is 1. The quantitative estimate of drug-likeness (QED) is 0.825. The smallest absolute Gasteiger partial charge is 0.165 e. The Hall–Kier alpha value is -1.39. The van der Waals surface area contributed by atoms with E-state index in [1.807, 2.05) is 25.1 Å². The van der Waals surface area contributed by atoms with Crippen molar-refractivity contribution in [3.05, 3.63) is 57.8 Å². The highest BCUT2D eigenvalue weighted by molar-refractivity contribution is 9.10. The Morgan fingerprint density at radius 2 is 1.95 bits per heavy atom. The molecule has 112 valence electrons. The largest absolute Gasteiger partial charge is 0.454 e. The van der Waals surface area contributed by atoms with Gasteiger partial charge < -0.3 is 10.5 Å². The van der Waals surface area contributed by atoms with Crippen molar-refractivity contribution in [2.45, 2.75) is 32.7 Å². The summed E-state index contributed by atoms with van der Waals surface area (Å²) in [5.41, 5.74) is 8.04. The monoisotopic (exact) mass is 351 g/mol. The van der Waals surface area contributed by atoms with Gasteiger partial charge in [0.15, 0.2) is 11.6 Å². The van der Waals surface area contributed by atoms with E-state index in [1.165, 1.54) is 6.07 Å². The number of rotatable bonds is 5. The van der Waals surface area contributed by atoms with Crippen LogP contribution >= 0.6 is 15.9 Å². The van der Waals surface area contributed by atoms with Gasteiger partial charge in [-0.25, -0.2) is 4.39 Å². The Bertz CT molecular complexity index is 630. The molecule has 0 saturated heterocycles. The average Bonchev–Trinajstić information content (AvgIpc) is 2.46. The lowest BCUT2D eigenvalue weighted by Gasteiger charge is -2.13. The molecule has 2 rings (SSSR count). The molecule has 1 unspecified atom stereocenters. The second kappa shape index (κ2) is 7.05. The first-order valence-electron chi connectivity index (χ1n) is 6.97. The van der Waals surface area contributed by atoms with Crippen LogP contribution in [0.4, 0.5) is 4.39 Å². The van der Waals surface area contributed by atoms with Crippen LogP contribution in [0.25, 0.3) is 0 Å². The Kier molecular flexibility index (Phi) is 5.37. The molecule has 0 radical (unpaired) electrons. The van der Waals surface area contributed by atoms with Gasteiger partial charge in [-0.15, -0.1) is 0 Å². The van der Waals surface area contributed by atoms with Crippen LogP contribution in [0.5, 0.6) is 11.5 Å². The van der Waals surface area contributed by atoms with Gasteiger partial charge in [0.2, 0.25) is 0 Å². The molecule has 21 heavy (non-hydrogen) atoms. The van der Waals surface area contributed by atoms with Crippen LogP contribution in [0, 0.1) is 12.7 Å². The van der Waals surface area contributed by atoms with Crippen LogP contribution in [-0.2, 0) is 6.42 Å². The van der Waals surface area contributed by atoms with E-state index < -0.39 is 0 Å². The highest BCUT2D eigenvalue weighted by atomic mass is 79.9. The molecule has 0 fully saturated rings. The SMILES string of the molecule is CCC(N)Cc1ccc(C)c(Oc2cc(Br)ccc2F)c1. The molecule has 2 N–H and O–H groups in total. The Labute approximate surface area is 133 Å². The fourth-order valence-electron chi connectivity index (χ4n) is 2.00. The van der Waals surface area contributed by atoms with Gasteiger partial charge in [0.05, 0.1) is 0 Å².